The minimum absolute atomic E-state index is 0.115. The topological polar surface area (TPSA) is 76.3 Å². The second-order valence-corrected chi connectivity index (χ2v) is 5.98. The molecule has 0 spiro atoms. The fourth-order valence-electron chi connectivity index (χ4n) is 2.84. The van der Waals surface area contributed by atoms with Crippen molar-refractivity contribution in [1.82, 2.24) is 29.1 Å². The van der Waals surface area contributed by atoms with Crippen LogP contribution in [0.3, 0.4) is 0 Å². The predicted octanol–water partition coefficient (Wildman–Crippen LogP) is -0.257. The minimum atomic E-state index is -0.217. The molecule has 1 aliphatic heterocycles. The van der Waals surface area contributed by atoms with Gasteiger partial charge in [-0.25, -0.2) is 9.67 Å². The SMILES string of the molecule is Cc1nccn1CCN1CCN(C(=O)c2ccc(=O)n(C)n2)CC1. The van der Waals surface area contributed by atoms with Gasteiger partial charge in [-0.05, 0) is 13.0 Å². The van der Waals surface area contributed by atoms with Gasteiger partial charge in [0, 0.05) is 64.8 Å². The van der Waals surface area contributed by atoms with E-state index >= 15 is 0 Å². The highest BCUT2D eigenvalue weighted by molar-refractivity contribution is 5.92. The molecule has 8 heteroatoms. The Morgan fingerprint density at radius 1 is 1.17 bits per heavy atom. The van der Waals surface area contributed by atoms with Gasteiger partial charge in [-0.2, -0.15) is 5.10 Å². The molecule has 24 heavy (non-hydrogen) atoms. The highest BCUT2D eigenvalue weighted by Gasteiger charge is 2.23. The van der Waals surface area contributed by atoms with E-state index in [-0.39, 0.29) is 11.5 Å². The largest absolute Gasteiger partial charge is 0.335 e. The highest BCUT2D eigenvalue weighted by atomic mass is 16.2. The number of hydrogen-bond acceptors (Lipinski definition) is 5. The third kappa shape index (κ3) is 3.53. The molecular weight excluding hydrogens is 308 g/mol. The molecule has 2 aromatic heterocycles. The molecule has 1 saturated heterocycles. The molecule has 0 aliphatic carbocycles. The van der Waals surface area contributed by atoms with Gasteiger partial charge in [0.15, 0.2) is 0 Å². The molecule has 3 rings (SSSR count). The van der Waals surface area contributed by atoms with Gasteiger partial charge < -0.3 is 9.47 Å². The molecule has 0 saturated carbocycles. The lowest BCUT2D eigenvalue weighted by Gasteiger charge is -2.34. The van der Waals surface area contributed by atoms with Crippen molar-refractivity contribution in [3.05, 3.63) is 46.4 Å². The zero-order chi connectivity index (χ0) is 17.1. The van der Waals surface area contributed by atoms with Crippen molar-refractivity contribution in [3.63, 3.8) is 0 Å². The van der Waals surface area contributed by atoms with E-state index in [0.717, 1.165) is 32.0 Å². The number of carbonyl (C=O) groups excluding carboxylic acids is 1. The second kappa shape index (κ2) is 6.96. The van der Waals surface area contributed by atoms with Crippen molar-refractivity contribution in [2.45, 2.75) is 13.5 Å². The number of carbonyl (C=O) groups is 1. The zero-order valence-corrected chi connectivity index (χ0v) is 14.1. The van der Waals surface area contributed by atoms with Gasteiger partial charge in [0.05, 0.1) is 0 Å². The fraction of sp³-hybridized carbons (Fsp3) is 0.500. The van der Waals surface area contributed by atoms with E-state index in [9.17, 15) is 9.59 Å². The summed E-state index contributed by atoms with van der Waals surface area (Å²) in [4.78, 5) is 32.2. The third-order valence-corrected chi connectivity index (χ3v) is 4.42. The number of nitrogens with zero attached hydrogens (tertiary/aromatic N) is 6. The maximum Gasteiger partial charge on any atom is 0.274 e. The van der Waals surface area contributed by atoms with Crippen LogP contribution in [0.5, 0.6) is 0 Å². The average Bonchev–Trinajstić information content (AvgIpc) is 3.00. The summed E-state index contributed by atoms with van der Waals surface area (Å²) in [6.07, 6.45) is 3.80. The highest BCUT2D eigenvalue weighted by Crippen LogP contribution is 2.07. The molecule has 8 nitrogen and oxygen atoms in total. The smallest absolute Gasteiger partial charge is 0.274 e. The van der Waals surface area contributed by atoms with Gasteiger partial charge in [-0.15, -0.1) is 0 Å². The fourth-order valence-corrected chi connectivity index (χ4v) is 2.84. The summed E-state index contributed by atoms with van der Waals surface area (Å²) in [5.41, 5.74) is 0.103. The molecule has 2 aromatic rings. The summed E-state index contributed by atoms with van der Waals surface area (Å²) in [6.45, 7) is 6.87. The monoisotopic (exact) mass is 330 g/mol. The molecule has 0 bridgehead atoms. The van der Waals surface area contributed by atoms with Crippen molar-refractivity contribution in [1.29, 1.82) is 0 Å². The van der Waals surface area contributed by atoms with Crippen molar-refractivity contribution in [2.75, 3.05) is 32.7 Å². The first-order valence-corrected chi connectivity index (χ1v) is 8.08. The number of amides is 1. The molecule has 128 valence electrons. The van der Waals surface area contributed by atoms with Crippen molar-refractivity contribution >= 4 is 5.91 Å². The molecule has 1 fully saturated rings. The maximum atomic E-state index is 12.5. The van der Waals surface area contributed by atoms with Crippen LogP contribution in [0.1, 0.15) is 16.3 Å². The summed E-state index contributed by atoms with van der Waals surface area (Å²) in [5, 5.41) is 4.04. The Hall–Kier alpha value is -2.48. The average molecular weight is 330 g/mol. The normalized spacial score (nSPS) is 15.7. The van der Waals surface area contributed by atoms with Crippen LogP contribution in [0, 0.1) is 6.92 Å². The van der Waals surface area contributed by atoms with Crippen LogP contribution in [0.2, 0.25) is 0 Å². The van der Waals surface area contributed by atoms with Crippen molar-refractivity contribution < 1.29 is 4.79 Å². The first kappa shape index (κ1) is 16.4. The van der Waals surface area contributed by atoms with Crippen LogP contribution >= 0.6 is 0 Å². The van der Waals surface area contributed by atoms with E-state index < -0.39 is 0 Å². The number of rotatable bonds is 4. The van der Waals surface area contributed by atoms with E-state index in [2.05, 4.69) is 19.5 Å². The minimum Gasteiger partial charge on any atom is -0.335 e. The molecule has 0 unspecified atom stereocenters. The Balaban J connectivity index is 1.52. The number of hydrogen-bond donors (Lipinski definition) is 0. The van der Waals surface area contributed by atoms with Crippen LogP contribution in [0.15, 0.2) is 29.3 Å². The van der Waals surface area contributed by atoms with Gasteiger partial charge >= 0.3 is 0 Å². The lowest BCUT2D eigenvalue weighted by atomic mass is 10.2. The standard InChI is InChI=1S/C16H22N6O2/c1-13-17-5-6-21(13)10-7-20-8-11-22(12-9-20)16(24)14-3-4-15(23)19(2)18-14/h3-6H,7-12H2,1-2H3. The molecule has 0 atom stereocenters. The molecule has 1 aliphatic rings. The first-order chi connectivity index (χ1) is 11.5. The summed E-state index contributed by atoms with van der Waals surface area (Å²) < 4.78 is 3.32. The lowest BCUT2D eigenvalue weighted by Crippen LogP contribution is -2.49. The van der Waals surface area contributed by atoms with E-state index in [4.69, 9.17) is 0 Å². The van der Waals surface area contributed by atoms with Crippen molar-refractivity contribution in [3.8, 4) is 0 Å². The first-order valence-electron chi connectivity index (χ1n) is 8.08. The number of imidazole rings is 1. The quantitative estimate of drug-likeness (QED) is 0.772. The van der Waals surface area contributed by atoms with Crippen LogP contribution in [0.25, 0.3) is 0 Å². The lowest BCUT2D eigenvalue weighted by molar-refractivity contribution is 0.0625. The molecule has 3 heterocycles. The molecule has 0 aromatic carbocycles. The van der Waals surface area contributed by atoms with Crippen LogP contribution in [0.4, 0.5) is 0 Å². The van der Waals surface area contributed by atoms with Crippen molar-refractivity contribution in [2.24, 2.45) is 7.05 Å². The van der Waals surface area contributed by atoms with Crippen LogP contribution in [-0.4, -0.2) is 67.8 Å². The summed E-state index contributed by atoms with van der Waals surface area (Å²) in [5.74, 6) is 0.903. The summed E-state index contributed by atoms with van der Waals surface area (Å²) in [7, 11) is 1.55. The Morgan fingerprint density at radius 3 is 2.54 bits per heavy atom. The second-order valence-electron chi connectivity index (χ2n) is 5.98. The van der Waals surface area contributed by atoms with Crippen LogP contribution < -0.4 is 5.56 Å². The van der Waals surface area contributed by atoms with E-state index in [1.54, 1.807) is 11.9 Å². The summed E-state index contributed by atoms with van der Waals surface area (Å²) in [6, 6.07) is 2.88. The maximum absolute atomic E-state index is 12.5. The predicted molar refractivity (Wildman–Crippen MR) is 88.8 cm³/mol. The zero-order valence-electron chi connectivity index (χ0n) is 14.1. The number of aromatic nitrogens is 4. The van der Waals surface area contributed by atoms with Gasteiger partial charge in [0.1, 0.15) is 11.5 Å². The molecule has 0 radical (unpaired) electrons. The number of aryl methyl sites for hydroxylation is 2. The third-order valence-electron chi connectivity index (χ3n) is 4.42. The van der Waals surface area contributed by atoms with E-state index in [1.165, 1.54) is 16.8 Å². The summed E-state index contributed by atoms with van der Waals surface area (Å²) >= 11 is 0. The van der Waals surface area contributed by atoms with Gasteiger partial charge in [-0.1, -0.05) is 0 Å². The van der Waals surface area contributed by atoms with Gasteiger partial charge in [-0.3, -0.25) is 14.5 Å². The van der Waals surface area contributed by atoms with Gasteiger partial charge in [0.2, 0.25) is 0 Å². The van der Waals surface area contributed by atoms with E-state index in [0.29, 0.717) is 18.8 Å². The van der Waals surface area contributed by atoms with E-state index in [1.807, 2.05) is 19.3 Å². The Morgan fingerprint density at radius 2 is 1.92 bits per heavy atom. The Labute approximate surface area is 140 Å². The molecule has 1 amide bonds. The van der Waals surface area contributed by atoms with Gasteiger partial charge in [0.25, 0.3) is 11.5 Å². The molecular formula is C16H22N6O2. The Kier molecular flexibility index (Phi) is 4.75. The number of piperazine rings is 1. The molecule has 0 N–H and O–H groups in total. The Bertz CT molecular complexity index is 773. The van der Waals surface area contributed by atoms with Crippen LogP contribution in [-0.2, 0) is 13.6 Å².